The summed E-state index contributed by atoms with van der Waals surface area (Å²) in [7, 11) is 0. The predicted molar refractivity (Wildman–Crippen MR) is 83.3 cm³/mol. The normalized spacial score (nSPS) is 23.8. The number of hydrogen-bond donors (Lipinski definition) is 1. The van der Waals surface area contributed by atoms with Gasteiger partial charge in [0.15, 0.2) is 5.65 Å². The average molecular weight is 283 g/mol. The summed E-state index contributed by atoms with van der Waals surface area (Å²) >= 11 is 0. The van der Waals surface area contributed by atoms with Gasteiger partial charge in [-0.25, -0.2) is 9.97 Å². The summed E-state index contributed by atoms with van der Waals surface area (Å²) in [6.07, 6.45) is 8.64. The molecule has 110 valence electrons. The van der Waals surface area contributed by atoms with Gasteiger partial charge in [-0.1, -0.05) is 0 Å². The highest BCUT2D eigenvalue weighted by atomic mass is 15.2. The molecule has 2 aliphatic rings. The summed E-state index contributed by atoms with van der Waals surface area (Å²) in [5.74, 6) is 1.88. The molecular formula is C16H21N5. The second-order valence-electron chi connectivity index (χ2n) is 6.10. The van der Waals surface area contributed by atoms with Crippen LogP contribution >= 0.6 is 0 Å². The zero-order valence-electron chi connectivity index (χ0n) is 12.2. The lowest BCUT2D eigenvalue weighted by molar-refractivity contribution is 0.318. The highest BCUT2D eigenvalue weighted by Gasteiger charge is 2.28. The molecule has 2 aromatic heterocycles. The number of pyridine rings is 1. The van der Waals surface area contributed by atoms with Crippen LogP contribution in [0.4, 0.5) is 5.82 Å². The van der Waals surface area contributed by atoms with E-state index in [4.69, 9.17) is 0 Å². The van der Waals surface area contributed by atoms with Crippen LogP contribution in [-0.4, -0.2) is 40.6 Å². The van der Waals surface area contributed by atoms with Crippen LogP contribution in [-0.2, 0) is 0 Å². The maximum Gasteiger partial charge on any atom is 0.180 e. The van der Waals surface area contributed by atoms with Crippen LogP contribution in [0.15, 0.2) is 24.5 Å². The van der Waals surface area contributed by atoms with E-state index in [9.17, 15) is 0 Å². The minimum Gasteiger partial charge on any atom is -0.357 e. The second kappa shape index (κ2) is 5.56. The fourth-order valence-corrected chi connectivity index (χ4v) is 3.67. The number of hydrogen-bond acceptors (Lipinski definition) is 5. The quantitative estimate of drug-likeness (QED) is 0.913. The lowest BCUT2D eigenvalue weighted by Crippen LogP contribution is -2.41. The molecule has 0 aromatic carbocycles. The smallest absolute Gasteiger partial charge is 0.180 e. The Labute approximate surface area is 124 Å². The van der Waals surface area contributed by atoms with Crippen LogP contribution in [0.1, 0.15) is 25.7 Å². The largest absolute Gasteiger partial charge is 0.357 e. The highest BCUT2D eigenvalue weighted by Crippen LogP contribution is 2.28. The Balaban J connectivity index is 1.46. The zero-order valence-corrected chi connectivity index (χ0v) is 12.2. The Morgan fingerprint density at radius 3 is 2.71 bits per heavy atom. The van der Waals surface area contributed by atoms with Gasteiger partial charge in [0.2, 0.25) is 0 Å². The number of nitrogens with zero attached hydrogens (tertiary/aromatic N) is 4. The van der Waals surface area contributed by atoms with Gasteiger partial charge in [0.05, 0.1) is 0 Å². The van der Waals surface area contributed by atoms with E-state index in [1.807, 2.05) is 6.07 Å². The maximum atomic E-state index is 4.66. The first-order valence-corrected chi connectivity index (χ1v) is 7.96. The first-order valence-electron chi connectivity index (χ1n) is 7.96. The fraction of sp³-hybridized carbons (Fsp3) is 0.562. The molecule has 0 aliphatic carbocycles. The van der Waals surface area contributed by atoms with Gasteiger partial charge in [-0.2, -0.15) is 0 Å². The molecule has 1 atom stereocenters. The lowest BCUT2D eigenvalue weighted by atomic mass is 9.88. The molecule has 1 N–H and O–H groups in total. The second-order valence-corrected chi connectivity index (χ2v) is 6.10. The number of piperidine rings is 1. The Kier molecular flexibility index (Phi) is 3.43. The van der Waals surface area contributed by atoms with Crippen LogP contribution in [0.5, 0.6) is 0 Å². The molecule has 0 spiro atoms. The Hall–Kier alpha value is -1.75. The molecule has 2 aromatic rings. The SMILES string of the molecule is c1cnc2nc(N3CCC(C4CCCN4)CC3)ccc2n1. The van der Waals surface area contributed by atoms with Gasteiger partial charge < -0.3 is 10.2 Å². The zero-order chi connectivity index (χ0) is 14.1. The highest BCUT2D eigenvalue weighted by molar-refractivity contribution is 5.71. The van der Waals surface area contributed by atoms with Gasteiger partial charge in [0.1, 0.15) is 11.3 Å². The number of rotatable bonds is 2. The summed E-state index contributed by atoms with van der Waals surface area (Å²) < 4.78 is 0. The van der Waals surface area contributed by atoms with Crippen molar-refractivity contribution < 1.29 is 0 Å². The molecule has 4 heterocycles. The van der Waals surface area contributed by atoms with E-state index in [0.717, 1.165) is 42.0 Å². The van der Waals surface area contributed by atoms with Crippen LogP contribution in [0.3, 0.4) is 0 Å². The van der Waals surface area contributed by atoms with E-state index >= 15 is 0 Å². The van der Waals surface area contributed by atoms with Gasteiger partial charge >= 0.3 is 0 Å². The van der Waals surface area contributed by atoms with E-state index in [1.165, 1.54) is 32.2 Å². The van der Waals surface area contributed by atoms with Crippen molar-refractivity contribution >= 4 is 17.0 Å². The molecule has 1 unspecified atom stereocenters. The van der Waals surface area contributed by atoms with E-state index in [2.05, 4.69) is 31.2 Å². The third kappa shape index (κ3) is 2.58. The predicted octanol–water partition coefficient (Wildman–Crippen LogP) is 1.99. The van der Waals surface area contributed by atoms with Gasteiger partial charge in [0, 0.05) is 31.5 Å². The minimum atomic E-state index is 0.745. The van der Waals surface area contributed by atoms with Gasteiger partial charge in [-0.3, -0.25) is 4.98 Å². The number of nitrogens with one attached hydrogen (secondary N) is 1. The summed E-state index contributed by atoms with van der Waals surface area (Å²) in [6.45, 7) is 3.40. The van der Waals surface area contributed by atoms with Crippen LogP contribution < -0.4 is 10.2 Å². The topological polar surface area (TPSA) is 53.9 Å². The average Bonchev–Trinajstić information content (AvgIpc) is 3.09. The Morgan fingerprint density at radius 1 is 1.05 bits per heavy atom. The van der Waals surface area contributed by atoms with Crippen LogP contribution in [0.25, 0.3) is 11.2 Å². The van der Waals surface area contributed by atoms with Crippen molar-refractivity contribution in [3.8, 4) is 0 Å². The minimum absolute atomic E-state index is 0.745. The first kappa shape index (κ1) is 13.0. The lowest BCUT2D eigenvalue weighted by Gasteiger charge is -2.35. The summed E-state index contributed by atoms with van der Waals surface area (Å²) in [5.41, 5.74) is 1.61. The molecule has 2 fully saturated rings. The molecule has 0 bridgehead atoms. The monoisotopic (exact) mass is 283 g/mol. The van der Waals surface area contributed by atoms with E-state index in [-0.39, 0.29) is 0 Å². The van der Waals surface area contributed by atoms with Crippen molar-refractivity contribution in [1.82, 2.24) is 20.3 Å². The molecule has 2 saturated heterocycles. The van der Waals surface area contributed by atoms with Crippen LogP contribution in [0, 0.1) is 5.92 Å². The molecule has 0 amide bonds. The Bertz CT molecular complexity index is 615. The van der Waals surface area contributed by atoms with Crippen LogP contribution in [0.2, 0.25) is 0 Å². The van der Waals surface area contributed by atoms with Gasteiger partial charge in [-0.15, -0.1) is 0 Å². The molecule has 2 aliphatic heterocycles. The third-order valence-electron chi connectivity index (χ3n) is 4.85. The molecule has 0 radical (unpaired) electrons. The van der Waals surface area contributed by atoms with Crippen molar-refractivity contribution in [3.05, 3.63) is 24.5 Å². The van der Waals surface area contributed by atoms with E-state index in [0.29, 0.717) is 0 Å². The third-order valence-corrected chi connectivity index (χ3v) is 4.85. The van der Waals surface area contributed by atoms with E-state index < -0.39 is 0 Å². The van der Waals surface area contributed by atoms with Crippen molar-refractivity contribution in [3.63, 3.8) is 0 Å². The molecule has 21 heavy (non-hydrogen) atoms. The molecule has 5 nitrogen and oxygen atoms in total. The summed E-state index contributed by atoms with van der Waals surface area (Å²) in [5, 5.41) is 3.65. The Morgan fingerprint density at radius 2 is 1.90 bits per heavy atom. The number of aromatic nitrogens is 3. The number of anilines is 1. The molecule has 0 saturated carbocycles. The standard InChI is InChI=1S/C16H21N5/c1-2-13(17-7-1)12-5-10-21(11-6-12)15-4-3-14-16(20-15)19-9-8-18-14/h3-4,8-9,12-13,17H,1-2,5-7,10-11H2. The summed E-state index contributed by atoms with van der Waals surface area (Å²) in [6, 6.07) is 4.85. The van der Waals surface area contributed by atoms with Crippen molar-refractivity contribution in [2.45, 2.75) is 31.7 Å². The molecular weight excluding hydrogens is 262 g/mol. The van der Waals surface area contributed by atoms with Crippen molar-refractivity contribution in [2.24, 2.45) is 5.92 Å². The fourth-order valence-electron chi connectivity index (χ4n) is 3.67. The summed E-state index contributed by atoms with van der Waals surface area (Å²) in [4.78, 5) is 15.6. The first-order chi connectivity index (χ1) is 10.4. The molecule has 5 heteroatoms. The van der Waals surface area contributed by atoms with E-state index in [1.54, 1.807) is 12.4 Å². The van der Waals surface area contributed by atoms with Crippen molar-refractivity contribution in [1.29, 1.82) is 0 Å². The van der Waals surface area contributed by atoms with Gasteiger partial charge in [0.25, 0.3) is 0 Å². The molecule has 4 rings (SSSR count). The van der Waals surface area contributed by atoms with Gasteiger partial charge in [-0.05, 0) is 50.3 Å². The maximum absolute atomic E-state index is 4.66. The van der Waals surface area contributed by atoms with Crippen molar-refractivity contribution in [2.75, 3.05) is 24.5 Å². The number of fused-ring (bicyclic) bond motifs is 1.